The summed E-state index contributed by atoms with van der Waals surface area (Å²) in [7, 11) is 0. The number of halogens is 5. The monoisotopic (exact) mass is 465 g/mol. The van der Waals surface area contributed by atoms with E-state index in [0.29, 0.717) is 5.56 Å². The predicted molar refractivity (Wildman–Crippen MR) is 101 cm³/mol. The maximum atomic E-state index is 15.3. The number of ketones is 1. The number of carbonyl (C=O) groups excluding carboxylic acids is 3. The van der Waals surface area contributed by atoms with Crippen molar-refractivity contribution in [3.05, 3.63) is 33.3 Å². The summed E-state index contributed by atoms with van der Waals surface area (Å²) in [6.45, 7) is 0.221. The van der Waals surface area contributed by atoms with Crippen molar-refractivity contribution in [2.45, 2.75) is 38.5 Å². The second kappa shape index (κ2) is 7.77. The molecule has 0 fully saturated rings. The maximum absolute atomic E-state index is 15.3. The average molecular weight is 466 g/mol. The molecule has 0 heterocycles. The Morgan fingerprint density at radius 2 is 2.00 bits per heavy atom. The van der Waals surface area contributed by atoms with E-state index in [-0.39, 0.29) is 46.2 Å². The Morgan fingerprint density at radius 3 is 2.60 bits per heavy atom. The second-order valence-electron chi connectivity index (χ2n) is 7.17. The van der Waals surface area contributed by atoms with Crippen LogP contribution in [-0.2, 0) is 25.5 Å². The van der Waals surface area contributed by atoms with Crippen LogP contribution in [0.2, 0.25) is 10.0 Å². The van der Waals surface area contributed by atoms with Gasteiger partial charge in [-0.1, -0.05) is 23.2 Å². The van der Waals surface area contributed by atoms with Crippen molar-refractivity contribution >= 4 is 46.4 Å². The van der Waals surface area contributed by atoms with E-state index in [9.17, 15) is 23.2 Å². The predicted octanol–water partition coefficient (Wildman–Crippen LogP) is 3.64. The standard InChI is InChI=1S/C19H16Cl2F3NO5/c1-8(26)30-19(23,24)17(22)18-3-2-10(27)5-11(18)14-9(6-18)4-12(15(20)16(14)21)29-7-13(25)28/h4-5,17H,2-3,6-7H2,1H3,(H2,25,28). The average Bonchev–Trinajstić information content (AvgIpc) is 2.96. The van der Waals surface area contributed by atoms with Crippen molar-refractivity contribution in [2.75, 3.05) is 6.61 Å². The topological polar surface area (TPSA) is 95.7 Å². The summed E-state index contributed by atoms with van der Waals surface area (Å²) >= 11 is 12.5. The van der Waals surface area contributed by atoms with Gasteiger partial charge in [0.25, 0.3) is 5.91 Å². The molecule has 0 bridgehead atoms. The highest BCUT2D eigenvalue weighted by atomic mass is 35.5. The third kappa shape index (κ3) is 3.76. The fourth-order valence-electron chi connectivity index (χ4n) is 3.96. The molecule has 0 spiro atoms. The van der Waals surface area contributed by atoms with Gasteiger partial charge >= 0.3 is 12.1 Å². The molecule has 0 saturated heterocycles. The Balaban J connectivity index is 2.13. The number of esters is 1. The van der Waals surface area contributed by atoms with Crippen molar-refractivity contribution in [1.29, 1.82) is 0 Å². The number of carbonyl (C=O) groups is 3. The first-order valence-corrected chi connectivity index (χ1v) is 9.53. The van der Waals surface area contributed by atoms with Gasteiger partial charge in [0.1, 0.15) is 10.8 Å². The van der Waals surface area contributed by atoms with Crippen molar-refractivity contribution in [3.63, 3.8) is 0 Å². The van der Waals surface area contributed by atoms with E-state index in [1.807, 2.05) is 0 Å². The minimum absolute atomic E-state index is 0.0397. The molecule has 0 aliphatic heterocycles. The number of hydrogen-bond acceptors (Lipinski definition) is 5. The third-order valence-electron chi connectivity index (χ3n) is 5.12. The number of allylic oxidation sites excluding steroid dienone is 2. The fraction of sp³-hybridized carbons (Fsp3) is 0.421. The first kappa shape index (κ1) is 22.4. The number of amides is 1. The minimum Gasteiger partial charge on any atom is -0.482 e. The van der Waals surface area contributed by atoms with E-state index in [1.54, 1.807) is 0 Å². The molecule has 0 aromatic heterocycles. The van der Waals surface area contributed by atoms with Crippen LogP contribution in [0, 0.1) is 5.41 Å². The van der Waals surface area contributed by atoms with Gasteiger partial charge < -0.3 is 15.2 Å². The molecule has 0 radical (unpaired) electrons. The van der Waals surface area contributed by atoms with Crippen LogP contribution in [0.5, 0.6) is 5.75 Å². The molecular weight excluding hydrogens is 450 g/mol. The minimum atomic E-state index is -4.44. The van der Waals surface area contributed by atoms with Gasteiger partial charge in [0.05, 0.1) is 5.02 Å². The van der Waals surface area contributed by atoms with Crippen molar-refractivity contribution in [1.82, 2.24) is 0 Å². The van der Waals surface area contributed by atoms with E-state index in [0.717, 1.165) is 13.0 Å². The first-order chi connectivity index (χ1) is 13.9. The SMILES string of the molecule is CC(=O)OC(F)(F)C(F)C12CCC(=O)C=C1c1c(cc(OCC(N)=O)c(Cl)c1Cl)C2. The first-order valence-electron chi connectivity index (χ1n) is 8.78. The Bertz CT molecular complexity index is 981. The lowest BCUT2D eigenvalue weighted by atomic mass is 9.69. The molecule has 0 saturated carbocycles. The zero-order valence-corrected chi connectivity index (χ0v) is 17.1. The Hall–Kier alpha value is -2.26. The molecule has 2 aliphatic carbocycles. The van der Waals surface area contributed by atoms with Crippen LogP contribution in [-0.4, -0.2) is 36.5 Å². The second-order valence-corrected chi connectivity index (χ2v) is 7.92. The molecule has 2 unspecified atom stereocenters. The fourth-order valence-corrected chi connectivity index (χ4v) is 4.48. The number of primary amides is 1. The van der Waals surface area contributed by atoms with Crippen LogP contribution in [0.15, 0.2) is 12.1 Å². The highest BCUT2D eigenvalue weighted by Gasteiger charge is 2.61. The Labute approximate surface area is 179 Å². The summed E-state index contributed by atoms with van der Waals surface area (Å²) in [6.07, 6.45) is -7.03. The summed E-state index contributed by atoms with van der Waals surface area (Å²) in [5, 5.41) is -0.284. The number of fused-ring (bicyclic) bond motifs is 3. The number of hydrogen-bond donors (Lipinski definition) is 1. The van der Waals surface area contributed by atoms with Gasteiger partial charge in [0.2, 0.25) is 6.17 Å². The lowest BCUT2D eigenvalue weighted by Crippen LogP contribution is -2.48. The molecule has 1 amide bonds. The van der Waals surface area contributed by atoms with Crippen LogP contribution in [0.4, 0.5) is 13.2 Å². The Kier molecular flexibility index (Phi) is 5.81. The molecule has 3 rings (SSSR count). The molecule has 1 aromatic rings. The number of benzene rings is 1. The van der Waals surface area contributed by atoms with E-state index in [4.69, 9.17) is 33.7 Å². The smallest absolute Gasteiger partial charge is 0.432 e. The zero-order chi connectivity index (χ0) is 22.4. The van der Waals surface area contributed by atoms with Crippen molar-refractivity contribution < 1.29 is 37.0 Å². The van der Waals surface area contributed by atoms with Gasteiger partial charge in [-0.2, -0.15) is 8.78 Å². The summed E-state index contributed by atoms with van der Waals surface area (Å²) < 4.78 is 53.3. The molecule has 11 heteroatoms. The van der Waals surface area contributed by atoms with Gasteiger partial charge in [-0.15, -0.1) is 0 Å². The summed E-state index contributed by atoms with van der Waals surface area (Å²) in [5.74, 6) is -2.57. The number of alkyl halides is 3. The van der Waals surface area contributed by atoms with Gasteiger partial charge in [-0.25, -0.2) is 4.39 Å². The van der Waals surface area contributed by atoms with E-state index in [2.05, 4.69) is 4.74 Å². The van der Waals surface area contributed by atoms with Gasteiger partial charge in [-0.05, 0) is 36.1 Å². The third-order valence-corrected chi connectivity index (χ3v) is 5.97. The summed E-state index contributed by atoms with van der Waals surface area (Å²) in [5.41, 5.74) is 3.57. The van der Waals surface area contributed by atoms with E-state index < -0.39 is 42.0 Å². The van der Waals surface area contributed by atoms with E-state index in [1.165, 1.54) is 6.07 Å². The number of ether oxygens (including phenoxy) is 2. The lowest BCUT2D eigenvalue weighted by molar-refractivity contribution is -0.273. The number of nitrogens with two attached hydrogens (primary N) is 1. The quantitative estimate of drug-likeness (QED) is 0.646. The van der Waals surface area contributed by atoms with Crippen LogP contribution in [0.25, 0.3) is 5.57 Å². The van der Waals surface area contributed by atoms with Crippen LogP contribution in [0.1, 0.15) is 30.9 Å². The lowest BCUT2D eigenvalue weighted by Gasteiger charge is -2.39. The molecule has 2 atom stereocenters. The van der Waals surface area contributed by atoms with Gasteiger partial charge in [0, 0.05) is 24.3 Å². The molecule has 6 nitrogen and oxygen atoms in total. The molecule has 2 N–H and O–H groups in total. The van der Waals surface area contributed by atoms with Gasteiger partial charge in [0.15, 0.2) is 12.4 Å². The summed E-state index contributed by atoms with van der Waals surface area (Å²) in [6, 6.07) is 1.34. The summed E-state index contributed by atoms with van der Waals surface area (Å²) in [4.78, 5) is 34.1. The van der Waals surface area contributed by atoms with Crippen LogP contribution in [0.3, 0.4) is 0 Å². The molecule has 162 valence electrons. The van der Waals surface area contributed by atoms with Crippen LogP contribution < -0.4 is 10.5 Å². The molecule has 30 heavy (non-hydrogen) atoms. The Morgan fingerprint density at radius 1 is 1.33 bits per heavy atom. The largest absolute Gasteiger partial charge is 0.482 e. The molecular formula is C19H16Cl2F3NO5. The van der Waals surface area contributed by atoms with Gasteiger partial charge in [-0.3, -0.25) is 14.4 Å². The van der Waals surface area contributed by atoms with Crippen LogP contribution >= 0.6 is 23.2 Å². The van der Waals surface area contributed by atoms with Crippen molar-refractivity contribution in [2.24, 2.45) is 11.1 Å². The normalized spacial score (nSPS) is 21.4. The molecule has 1 aromatic carbocycles. The van der Waals surface area contributed by atoms with E-state index >= 15 is 4.39 Å². The zero-order valence-electron chi connectivity index (χ0n) is 15.6. The van der Waals surface area contributed by atoms with Crippen molar-refractivity contribution in [3.8, 4) is 5.75 Å². The highest BCUT2D eigenvalue weighted by molar-refractivity contribution is 6.44. The highest BCUT2D eigenvalue weighted by Crippen LogP contribution is 2.60. The maximum Gasteiger partial charge on any atom is 0.432 e. The molecule has 2 aliphatic rings. The number of rotatable bonds is 6.